The summed E-state index contributed by atoms with van der Waals surface area (Å²) in [6, 6.07) is 5.03. The van der Waals surface area contributed by atoms with Gasteiger partial charge in [0.1, 0.15) is 0 Å². The van der Waals surface area contributed by atoms with Crippen molar-refractivity contribution < 1.29 is 0 Å². The Labute approximate surface area is 90.5 Å². The minimum absolute atomic E-state index is 0.607. The molecular formula is C12H19NS. The first-order valence-electron chi connectivity index (χ1n) is 5.46. The minimum Gasteiger partial charge on any atom is -0.313 e. The fourth-order valence-electron chi connectivity index (χ4n) is 1.74. The van der Waals surface area contributed by atoms with E-state index in [9.17, 15) is 0 Å². The van der Waals surface area contributed by atoms with Crippen LogP contribution in [0.15, 0.2) is 17.5 Å². The van der Waals surface area contributed by atoms with Crippen molar-refractivity contribution >= 4 is 11.3 Å². The Morgan fingerprint density at radius 3 is 2.93 bits per heavy atom. The lowest BCUT2D eigenvalue weighted by Crippen LogP contribution is -2.34. The average molecular weight is 209 g/mol. The van der Waals surface area contributed by atoms with E-state index in [4.69, 9.17) is 0 Å². The van der Waals surface area contributed by atoms with Crippen molar-refractivity contribution in [2.45, 2.75) is 39.2 Å². The molecule has 0 radical (unpaired) electrons. The molecule has 0 bridgehead atoms. The fourth-order valence-corrected chi connectivity index (χ4v) is 2.45. The summed E-state index contributed by atoms with van der Waals surface area (Å²) in [4.78, 5) is 1.49. The number of nitrogens with one attached hydrogen (secondary N) is 1. The highest BCUT2D eigenvalue weighted by Gasteiger charge is 2.41. The van der Waals surface area contributed by atoms with Gasteiger partial charge in [-0.25, -0.2) is 0 Å². The van der Waals surface area contributed by atoms with Crippen LogP contribution in [-0.4, -0.2) is 12.6 Å². The zero-order chi connectivity index (χ0) is 10.0. The largest absolute Gasteiger partial charge is 0.313 e. The van der Waals surface area contributed by atoms with E-state index >= 15 is 0 Å². The summed E-state index contributed by atoms with van der Waals surface area (Å²) in [5.74, 6) is 0. The van der Waals surface area contributed by atoms with Gasteiger partial charge >= 0.3 is 0 Å². The molecule has 1 heterocycles. The minimum atomic E-state index is 0.607. The molecule has 0 aliphatic heterocycles. The van der Waals surface area contributed by atoms with Crippen LogP contribution in [0, 0.1) is 5.41 Å². The standard InChI is InChI=1S/C12H19NS/c1-10(12(2)6-7-12)13-8-5-11-4-3-9-14-11/h3-4,9-10,13H,5-8H2,1-2H3. The smallest absolute Gasteiger partial charge is 0.00926 e. The average Bonchev–Trinajstić information content (AvgIpc) is 2.73. The van der Waals surface area contributed by atoms with Crippen molar-refractivity contribution in [3.63, 3.8) is 0 Å². The van der Waals surface area contributed by atoms with Crippen molar-refractivity contribution in [2.24, 2.45) is 5.41 Å². The van der Waals surface area contributed by atoms with Gasteiger partial charge < -0.3 is 5.32 Å². The molecule has 1 aromatic heterocycles. The van der Waals surface area contributed by atoms with Crippen molar-refractivity contribution in [3.05, 3.63) is 22.4 Å². The Hall–Kier alpha value is -0.340. The van der Waals surface area contributed by atoms with Crippen LogP contribution in [-0.2, 0) is 6.42 Å². The van der Waals surface area contributed by atoms with E-state index in [1.54, 1.807) is 0 Å². The SMILES string of the molecule is CC(NCCc1cccs1)C1(C)CC1. The van der Waals surface area contributed by atoms with E-state index in [1.807, 2.05) is 11.3 Å². The lowest BCUT2D eigenvalue weighted by molar-refractivity contribution is 0.384. The van der Waals surface area contributed by atoms with E-state index in [0.29, 0.717) is 11.5 Å². The third-order valence-electron chi connectivity index (χ3n) is 3.49. The van der Waals surface area contributed by atoms with Gasteiger partial charge in [-0.2, -0.15) is 0 Å². The van der Waals surface area contributed by atoms with Crippen molar-refractivity contribution in [3.8, 4) is 0 Å². The molecule has 1 aliphatic carbocycles. The normalized spacial score (nSPS) is 20.7. The van der Waals surface area contributed by atoms with Crippen molar-refractivity contribution in [2.75, 3.05) is 6.54 Å². The van der Waals surface area contributed by atoms with Gasteiger partial charge in [-0.3, -0.25) is 0 Å². The molecule has 0 spiro atoms. The van der Waals surface area contributed by atoms with Crippen LogP contribution in [0.2, 0.25) is 0 Å². The lowest BCUT2D eigenvalue weighted by Gasteiger charge is -2.20. The molecule has 78 valence electrons. The second-order valence-electron chi connectivity index (χ2n) is 4.66. The third-order valence-corrected chi connectivity index (χ3v) is 4.42. The molecule has 1 aliphatic rings. The molecule has 1 saturated carbocycles. The topological polar surface area (TPSA) is 12.0 Å². The second-order valence-corrected chi connectivity index (χ2v) is 5.69. The summed E-state index contributed by atoms with van der Waals surface area (Å²) in [6.07, 6.45) is 3.98. The van der Waals surface area contributed by atoms with E-state index in [-0.39, 0.29) is 0 Å². The maximum Gasteiger partial charge on any atom is 0.00926 e. The van der Waals surface area contributed by atoms with Gasteiger partial charge in [0, 0.05) is 17.5 Å². The Bertz CT molecular complexity index is 275. The van der Waals surface area contributed by atoms with Gasteiger partial charge in [0.05, 0.1) is 0 Å². The molecule has 0 amide bonds. The highest BCUT2D eigenvalue weighted by atomic mass is 32.1. The molecule has 0 saturated heterocycles. The van der Waals surface area contributed by atoms with E-state index in [0.717, 1.165) is 6.54 Å². The molecule has 1 unspecified atom stereocenters. The lowest BCUT2D eigenvalue weighted by atomic mass is 10.0. The first kappa shape index (κ1) is 10.2. The van der Waals surface area contributed by atoms with Crippen LogP contribution < -0.4 is 5.32 Å². The van der Waals surface area contributed by atoms with Crippen LogP contribution in [0.5, 0.6) is 0 Å². The molecular weight excluding hydrogens is 190 g/mol. The fraction of sp³-hybridized carbons (Fsp3) is 0.667. The molecule has 0 aromatic carbocycles. The van der Waals surface area contributed by atoms with E-state index in [1.165, 1.54) is 24.1 Å². The third kappa shape index (κ3) is 2.37. The van der Waals surface area contributed by atoms with Gasteiger partial charge in [-0.05, 0) is 43.0 Å². The Morgan fingerprint density at radius 2 is 2.36 bits per heavy atom. The predicted octanol–water partition coefficient (Wildman–Crippen LogP) is 3.07. The van der Waals surface area contributed by atoms with Gasteiger partial charge in [0.15, 0.2) is 0 Å². The van der Waals surface area contributed by atoms with Crippen LogP contribution in [0.4, 0.5) is 0 Å². The van der Waals surface area contributed by atoms with Gasteiger partial charge in [-0.15, -0.1) is 11.3 Å². The summed E-state index contributed by atoms with van der Waals surface area (Å²) in [5, 5.41) is 5.78. The Morgan fingerprint density at radius 1 is 1.57 bits per heavy atom. The van der Waals surface area contributed by atoms with Crippen molar-refractivity contribution in [1.82, 2.24) is 5.32 Å². The molecule has 1 aromatic rings. The summed E-state index contributed by atoms with van der Waals surface area (Å²) in [6.45, 7) is 5.83. The summed E-state index contributed by atoms with van der Waals surface area (Å²) in [7, 11) is 0. The van der Waals surface area contributed by atoms with Gasteiger partial charge in [-0.1, -0.05) is 13.0 Å². The number of thiophene rings is 1. The molecule has 1 atom stereocenters. The van der Waals surface area contributed by atoms with Gasteiger partial charge in [0.25, 0.3) is 0 Å². The number of hydrogen-bond acceptors (Lipinski definition) is 2. The van der Waals surface area contributed by atoms with Crippen LogP contribution in [0.3, 0.4) is 0 Å². The first-order chi connectivity index (χ1) is 6.71. The molecule has 14 heavy (non-hydrogen) atoms. The summed E-state index contributed by atoms with van der Waals surface area (Å²) in [5.41, 5.74) is 0.607. The maximum atomic E-state index is 3.63. The van der Waals surface area contributed by atoms with Gasteiger partial charge in [0.2, 0.25) is 0 Å². The first-order valence-corrected chi connectivity index (χ1v) is 6.34. The van der Waals surface area contributed by atoms with Crippen LogP contribution in [0.1, 0.15) is 31.6 Å². The zero-order valence-corrected chi connectivity index (χ0v) is 9.86. The number of hydrogen-bond donors (Lipinski definition) is 1. The van der Waals surface area contributed by atoms with E-state index in [2.05, 4.69) is 36.7 Å². The summed E-state index contributed by atoms with van der Waals surface area (Å²) >= 11 is 1.86. The quantitative estimate of drug-likeness (QED) is 0.786. The molecule has 2 rings (SSSR count). The molecule has 1 N–H and O–H groups in total. The molecule has 2 heteroatoms. The monoisotopic (exact) mass is 209 g/mol. The second kappa shape index (κ2) is 4.03. The number of rotatable bonds is 5. The highest BCUT2D eigenvalue weighted by Crippen LogP contribution is 2.47. The highest BCUT2D eigenvalue weighted by molar-refractivity contribution is 7.09. The van der Waals surface area contributed by atoms with E-state index < -0.39 is 0 Å². The van der Waals surface area contributed by atoms with Crippen LogP contribution >= 0.6 is 11.3 Å². The summed E-state index contributed by atoms with van der Waals surface area (Å²) < 4.78 is 0. The Balaban J connectivity index is 1.68. The molecule has 1 fully saturated rings. The zero-order valence-electron chi connectivity index (χ0n) is 9.05. The predicted molar refractivity (Wildman–Crippen MR) is 62.8 cm³/mol. The molecule has 1 nitrogen and oxygen atoms in total. The van der Waals surface area contributed by atoms with Crippen LogP contribution in [0.25, 0.3) is 0 Å². The van der Waals surface area contributed by atoms with Crippen molar-refractivity contribution in [1.29, 1.82) is 0 Å². The Kier molecular flexibility index (Phi) is 2.93. The maximum absolute atomic E-state index is 3.63.